The summed E-state index contributed by atoms with van der Waals surface area (Å²) in [5.41, 5.74) is 1.06. The van der Waals surface area contributed by atoms with Gasteiger partial charge < -0.3 is 19.3 Å². The highest BCUT2D eigenvalue weighted by molar-refractivity contribution is 5.91. The Kier molecular flexibility index (Phi) is 4.15. The number of hydrogen-bond donors (Lipinski definition) is 1. The molecule has 4 rings (SSSR count). The van der Waals surface area contributed by atoms with Crippen molar-refractivity contribution in [1.82, 2.24) is 15.1 Å². The van der Waals surface area contributed by atoms with Crippen LogP contribution in [-0.4, -0.2) is 27.3 Å². The van der Waals surface area contributed by atoms with Gasteiger partial charge in [0.05, 0.1) is 0 Å². The lowest BCUT2D eigenvalue weighted by Gasteiger charge is -2.05. The Balaban J connectivity index is 1.34. The monoisotopic (exact) mass is 374 g/mol. The maximum Gasteiger partial charge on any atom is 0.586 e. The molecule has 1 amide bonds. The first-order valence-corrected chi connectivity index (χ1v) is 7.91. The molecular weight excluding hydrogens is 362 g/mol. The minimum Gasteiger partial charge on any atom is -0.395 e. The number of pyridine rings is 1. The summed E-state index contributed by atoms with van der Waals surface area (Å²) in [5.74, 6) is 0.139. The molecule has 0 saturated heterocycles. The first-order valence-electron chi connectivity index (χ1n) is 7.91. The first kappa shape index (κ1) is 16.9. The summed E-state index contributed by atoms with van der Waals surface area (Å²) in [4.78, 5) is 20.2. The Morgan fingerprint density at radius 2 is 1.89 bits per heavy atom. The van der Waals surface area contributed by atoms with E-state index in [1.807, 2.05) is 0 Å². The third-order valence-corrected chi connectivity index (χ3v) is 3.66. The first-order chi connectivity index (χ1) is 13.0. The van der Waals surface area contributed by atoms with Crippen LogP contribution in [0.4, 0.5) is 14.5 Å². The van der Waals surface area contributed by atoms with Crippen molar-refractivity contribution in [2.24, 2.45) is 0 Å². The van der Waals surface area contributed by atoms with Crippen LogP contribution in [0, 0.1) is 0 Å². The Morgan fingerprint density at radius 3 is 2.70 bits per heavy atom. The molecule has 0 radical (unpaired) electrons. The molecule has 138 valence electrons. The number of fused-ring (bicyclic) bond motifs is 1. The summed E-state index contributed by atoms with van der Waals surface area (Å²) in [6, 6.07) is 7.48. The quantitative estimate of drug-likeness (QED) is 0.733. The fraction of sp³-hybridized carbons (Fsp3) is 0.176. The number of nitrogens with zero attached hydrogens (tertiary/aromatic N) is 3. The van der Waals surface area contributed by atoms with E-state index in [2.05, 4.69) is 29.9 Å². The number of aromatic nitrogens is 3. The van der Waals surface area contributed by atoms with Gasteiger partial charge in [0.1, 0.15) is 0 Å². The smallest absolute Gasteiger partial charge is 0.395 e. The van der Waals surface area contributed by atoms with Gasteiger partial charge in [0, 0.05) is 42.6 Å². The van der Waals surface area contributed by atoms with E-state index in [-0.39, 0.29) is 30.2 Å². The number of carbonyl (C=O) groups is 1. The summed E-state index contributed by atoms with van der Waals surface area (Å²) in [6.07, 6.45) is -0.176. The number of alkyl halides is 2. The van der Waals surface area contributed by atoms with Crippen LogP contribution in [0.3, 0.4) is 0 Å². The van der Waals surface area contributed by atoms with E-state index in [0.29, 0.717) is 17.4 Å². The Bertz CT molecular complexity index is 978. The summed E-state index contributed by atoms with van der Waals surface area (Å²) >= 11 is 0. The topological polar surface area (TPSA) is 99.4 Å². The van der Waals surface area contributed by atoms with Gasteiger partial charge >= 0.3 is 6.29 Å². The highest BCUT2D eigenvalue weighted by atomic mass is 19.3. The zero-order valence-corrected chi connectivity index (χ0v) is 13.7. The Hall–Kier alpha value is -3.56. The van der Waals surface area contributed by atoms with E-state index in [0.717, 1.165) is 5.56 Å². The fourth-order valence-electron chi connectivity index (χ4n) is 2.45. The number of amides is 1. The Labute approximate surface area is 151 Å². The van der Waals surface area contributed by atoms with Crippen LogP contribution in [0.25, 0.3) is 11.4 Å². The van der Waals surface area contributed by atoms with E-state index in [1.165, 1.54) is 18.2 Å². The largest absolute Gasteiger partial charge is 0.586 e. The fourth-order valence-corrected chi connectivity index (χ4v) is 2.45. The molecule has 10 heteroatoms. The second-order valence-electron chi connectivity index (χ2n) is 5.62. The van der Waals surface area contributed by atoms with Crippen LogP contribution < -0.4 is 14.8 Å². The van der Waals surface area contributed by atoms with Crippen molar-refractivity contribution in [1.29, 1.82) is 0 Å². The number of aryl methyl sites for hydroxylation is 1. The summed E-state index contributed by atoms with van der Waals surface area (Å²) < 4.78 is 39.8. The standard InChI is InChI=1S/C17H12F2N4O4/c18-17(19)25-12-2-1-11(9-13(12)26-17)21-14(24)3-4-15-22-16(23-27-15)10-5-7-20-8-6-10/h1-2,5-9H,3-4H2,(H,21,24). The normalized spacial score (nSPS) is 14.1. The van der Waals surface area contributed by atoms with Crippen molar-refractivity contribution in [3.8, 4) is 22.9 Å². The molecule has 1 N–H and O–H groups in total. The molecule has 1 aliphatic heterocycles. The van der Waals surface area contributed by atoms with E-state index in [4.69, 9.17) is 4.52 Å². The number of carbonyl (C=O) groups excluding carboxylic acids is 1. The zero-order valence-electron chi connectivity index (χ0n) is 13.7. The van der Waals surface area contributed by atoms with Crippen molar-refractivity contribution in [2.75, 3.05) is 5.32 Å². The van der Waals surface area contributed by atoms with Gasteiger partial charge in [-0.15, -0.1) is 8.78 Å². The maximum atomic E-state index is 13.0. The number of rotatable bonds is 5. The molecule has 3 aromatic rings. The SMILES string of the molecule is O=C(CCc1nc(-c2ccncc2)no1)Nc1ccc2c(c1)OC(F)(F)O2. The van der Waals surface area contributed by atoms with Crippen molar-refractivity contribution in [3.05, 3.63) is 48.6 Å². The number of anilines is 1. The van der Waals surface area contributed by atoms with Crippen molar-refractivity contribution >= 4 is 11.6 Å². The van der Waals surface area contributed by atoms with Crippen molar-refractivity contribution in [3.63, 3.8) is 0 Å². The lowest BCUT2D eigenvalue weighted by molar-refractivity contribution is -0.286. The molecule has 0 aliphatic carbocycles. The van der Waals surface area contributed by atoms with Crippen LogP contribution >= 0.6 is 0 Å². The number of benzene rings is 1. The lowest BCUT2D eigenvalue weighted by atomic mass is 10.2. The molecular formula is C17H12F2N4O4. The predicted molar refractivity (Wildman–Crippen MR) is 87.1 cm³/mol. The van der Waals surface area contributed by atoms with Gasteiger partial charge in [-0.1, -0.05) is 5.16 Å². The summed E-state index contributed by atoms with van der Waals surface area (Å²) in [7, 11) is 0. The van der Waals surface area contributed by atoms with Gasteiger partial charge in [0.15, 0.2) is 11.5 Å². The van der Waals surface area contributed by atoms with Gasteiger partial charge in [-0.2, -0.15) is 4.98 Å². The minimum atomic E-state index is -3.70. The van der Waals surface area contributed by atoms with Crippen molar-refractivity contribution in [2.45, 2.75) is 19.1 Å². The second kappa shape index (κ2) is 6.63. The molecule has 0 bridgehead atoms. The molecule has 0 saturated carbocycles. The zero-order chi connectivity index (χ0) is 18.9. The minimum absolute atomic E-state index is 0.0720. The lowest BCUT2D eigenvalue weighted by Crippen LogP contribution is -2.25. The van der Waals surface area contributed by atoms with Gasteiger partial charge in [-0.05, 0) is 24.3 Å². The number of ether oxygens (including phenoxy) is 2. The molecule has 2 aromatic heterocycles. The molecule has 27 heavy (non-hydrogen) atoms. The van der Waals surface area contributed by atoms with Crippen LogP contribution in [0.15, 0.2) is 47.2 Å². The van der Waals surface area contributed by atoms with Gasteiger partial charge in [0.25, 0.3) is 0 Å². The van der Waals surface area contributed by atoms with Crippen molar-refractivity contribution < 1.29 is 27.6 Å². The third-order valence-electron chi connectivity index (χ3n) is 3.66. The number of nitrogens with one attached hydrogen (secondary N) is 1. The highest BCUT2D eigenvalue weighted by Crippen LogP contribution is 2.42. The van der Waals surface area contributed by atoms with E-state index < -0.39 is 6.29 Å². The van der Waals surface area contributed by atoms with Crippen LogP contribution in [0.5, 0.6) is 11.5 Å². The van der Waals surface area contributed by atoms with Gasteiger partial charge in [0.2, 0.25) is 17.6 Å². The van der Waals surface area contributed by atoms with E-state index in [9.17, 15) is 13.6 Å². The average molecular weight is 374 g/mol. The molecule has 8 nitrogen and oxygen atoms in total. The van der Waals surface area contributed by atoms with Crippen LogP contribution in [-0.2, 0) is 11.2 Å². The van der Waals surface area contributed by atoms with Crippen LogP contribution in [0.1, 0.15) is 12.3 Å². The van der Waals surface area contributed by atoms with Gasteiger partial charge in [-0.25, -0.2) is 0 Å². The average Bonchev–Trinajstić information content (AvgIpc) is 3.23. The second-order valence-corrected chi connectivity index (χ2v) is 5.62. The molecule has 1 aromatic carbocycles. The molecule has 0 atom stereocenters. The van der Waals surface area contributed by atoms with Gasteiger partial charge in [-0.3, -0.25) is 9.78 Å². The summed E-state index contributed by atoms with van der Waals surface area (Å²) in [6.45, 7) is 0. The molecule has 0 fully saturated rings. The van der Waals surface area contributed by atoms with E-state index in [1.54, 1.807) is 24.5 Å². The maximum absolute atomic E-state index is 13.0. The Morgan fingerprint density at radius 1 is 1.11 bits per heavy atom. The molecule has 1 aliphatic rings. The molecule has 0 spiro atoms. The summed E-state index contributed by atoms with van der Waals surface area (Å²) in [5, 5.41) is 6.44. The van der Waals surface area contributed by atoms with Crippen LogP contribution in [0.2, 0.25) is 0 Å². The number of hydrogen-bond acceptors (Lipinski definition) is 7. The molecule has 0 unspecified atom stereocenters. The third kappa shape index (κ3) is 3.84. The predicted octanol–water partition coefficient (Wildman–Crippen LogP) is 3.02. The number of halogens is 2. The molecule has 3 heterocycles. The highest BCUT2D eigenvalue weighted by Gasteiger charge is 2.43. The van der Waals surface area contributed by atoms with E-state index >= 15 is 0 Å².